The fraction of sp³-hybridized carbons (Fsp3) is 0.833. The fourth-order valence-electron chi connectivity index (χ4n) is 2.19. The average Bonchev–Trinajstić information content (AvgIpc) is 2.92. The molecule has 0 amide bonds. The van der Waals surface area contributed by atoms with Gasteiger partial charge in [0, 0.05) is 11.8 Å². The SMILES string of the molecule is O=CC1CCCC1.O=CC1CCCC1. The van der Waals surface area contributed by atoms with Gasteiger partial charge in [0.15, 0.2) is 0 Å². The van der Waals surface area contributed by atoms with Gasteiger partial charge in [-0.15, -0.1) is 0 Å². The molecule has 2 rings (SSSR count). The van der Waals surface area contributed by atoms with Crippen molar-refractivity contribution in [2.24, 2.45) is 11.8 Å². The van der Waals surface area contributed by atoms with E-state index in [9.17, 15) is 9.59 Å². The predicted octanol–water partition coefficient (Wildman–Crippen LogP) is 2.75. The molecule has 0 aromatic rings. The maximum Gasteiger partial charge on any atom is 0.123 e. The Balaban J connectivity index is 0.000000140. The zero-order valence-corrected chi connectivity index (χ0v) is 8.78. The second kappa shape index (κ2) is 6.74. The van der Waals surface area contributed by atoms with E-state index >= 15 is 0 Å². The molecule has 0 heterocycles. The van der Waals surface area contributed by atoms with E-state index in [1.807, 2.05) is 0 Å². The van der Waals surface area contributed by atoms with Gasteiger partial charge in [-0.05, 0) is 25.7 Å². The summed E-state index contributed by atoms with van der Waals surface area (Å²) in [5.41, 5.74) is 0. The zero-order chi connectivity index (χ0) is 10.2. The van der Waals surface area contributed by atoms with Crippen LogP contribution in [0.15, 0.2) is 0 Å². The van der Waals surface area contributed by atoms with E-state index < -0.39 is 0 Å². The lowest BCUT2D eigenvalue weighted by molar-refractivity contribution is -0.111. The van der Waals surface area contributed by atoms with Crippen LogP contribution >= 0.6 is 0 Å². The van der Waals surface area contributed by atoms with E-state index in [1.54, 1.807) is 0 Å². The highest BCUT2D eigenvalue weighted by Gasteiger charge is 2.12. The Labute approximate surface area is 86.1 Å². The minimum Gasteiger partial charge on any atom is -0.303 e. The molecule has 0 N–H and O–H groups in total. The van der Waals surface area contributed by atoms with Crippen molar-refractivity contribution in [3.63, 3.8) is 0 Å². The molecule has 2 heteroatoms. The predicted molar refractivity (Wildman–Crippen MR) is 56.0 cm³/mol. The van der Waals surface area contributed by atoms with Crippen molar-refractivity contribution in [2.75, 3.05) is 0 Å². The molecule has 0 unspecified atom stereocenters. The van der Waals surface area contributed by atoms with Gasteiger partial charge in [-0.1, -0.05) is 25.7 Å². The number of carbonyl (C=O) groups excluding carboxylic acids is 2. The van der Waals surface area contributed by atoms with Crippen molar-refractivity contribution in [2.45, 2.75) is 51.4 Å². The molecule has 0 atom stereocenters. The monoisotopic (exact) mass is 196 g/mol. The first-order valence-electron chi connectivity index (χ1n) is 5.77. The minimum atomic E-state index is 0.417. The third-order valence-electron chi connectivity index (χ3n) is 3.18. The summed E-state index contributed by atoms with van der Waals surface area (Å²) in [6.45, 7) is 0. The number of hydrogen-bond donors (Lipinski definition) is 0. The second-order valence-corrected chi connectivity index (χ2v) is 4.36. The smallest absolute Gasteiger partial charge is 0.123 e. The van der Waals surface area contributed by atoms with Crippen LogP contribution in [0.1, 0.15) is 51.4 Å². The Morgan fingerprint density at radius 1 is 0.643 bits per heavy atom. The molecule has 0 bridgehead atoms. The van der Waals surface area contributed by atoms with E-state index in [4.69, 9.17) is 0 Å². The molecule has 2 nitrogen and oxygen atoms in total. The third kappa shape index (κ3) is 4.03. The molecular weight excluding hydrogens is 176 g/mol. The van der Waals surface area contributed by atoms with Gasteiger partial charge in [-0.2, -0.15) is 0 Å². The zero-order valence-electron chi connectivity index (χ0n) is 8.78. The molecule has 14 heavy (non-hydrogen) atoms. The van der Waals surface area contributed by atoms with Crippen molar-refractivity contribution < 1.29 is 9.59 Å². The van der Waals surface area contributed by atoms with Crippen molar-refractivity contribution in [1.29, 1.82) is 0 Å². The lowest BCUT2D eigenvalue weighted by atomic mass is 10.1. The minimum absolute atomic E-state index is 0.417. The molecule has 0 aromatic carbocycles. The van der Waals surface area contributed by atoms with Crippen molar-refractivity contribution in [3.05, 3.63) is 0 Å². The molecule has 2 aliphatic carbocycles. The fourth-order valence-corrected chi connectivity index (χ4v) is 2.19. The Hall–Kier alpha value is -0.660. The highest BCUT2D eigenvalue weighted by atomic mass is 16.1. The number of aldehydes is 2. The van der Waals surface area contributed by atoms with E-state index in [2.05, 4.69) is 0 Å². The molecule has 0 saturated heterocycles. The van der Waals surface area contributed by atoms with Crippen LogP contribution in [-0.2, 0) is 9.59 Å². The summed E-state index contributed by atoms with van der Waals surface area (Å²) in [5.74, 6) is 0.833. The van der Waals surface area contributed by atoms with Gasteiger partial charge in [0.2, 0.25) is 0 Å². The number of carbonyl (C=O) groups is 2. The Morgan fingerprint density at radius 3 is 1.07 bits per heavy atom. The number of rotatable bonds is 2. The van der Waals surface area contributed by atoms with Gasteiger partial charge in [0.1, 0.15) is 12.6 Å². The van der Waals surface area contributed by atoms with E-state index in [-0.39, 0.29) is 0 Å². The molecule has 2 fully saturated rings. The van der Waals surface area contributed by atoms with Crippen LogP contribution in [0.25, 0.3) is 0 Å². The Morgan fingerprint density at radius 2 is 0.929 bits per heavy atom. The maximum atomic E-state index is 10.0. The third-order valence-corrected chi connectivity index (χ3v) is 3.18. The number of hydrogen-bond acceptors (Lipinski definition) is 2. The van der Waals surface area contributed by atoms with Crippen LogP contribution in [0.4, 0.5) is 0 Å². The molecule has 0 aromatic heterocycles. The summed E-state index contributed by atoms with van der Waals surface area (Å²) in [6, 6.07) is 0. The Kier molecular flexibility index (Phi) is 5.50. The summed E-state index contributed by atoms with van der Waals surface area (Å²) in [6.07, 6.45) is 11.8. The van der Waals surface area contributed by atoms with Gasteiger partial charge in [-0.3, -0.25) is 0 Å². The first-order chi connectivity index (χ1) is 6.86. The maximum absolute atomic E-state index is 10.0. The van der Waals surface area contributed by atoms with E-state index in [0.717, 1.165) is 38.3 Å². The Bertz CT molecular complexity index is 145. The summed E-state index contributed by atoms with van der Waals surface area (Å²) in [4.78, 5) is 20.0. The molecule has 2 aliphatic rings. The summed E-state index contributed by atoms with van der Waals surface area (Å²) >= 11 is 0. The van der Waals surface area contributed by atoms with Gasteiger partial charge in [-0.25, -0.2) is 0 Å². The first-order valence-corrected chi connectivity index (χ1v) is 5.77. The van der Waals surface area contributed by atoms with Crippen LogP contribution in [0.5, 0.6) is 0 Å². The highest BCUT2D eigenvalue weighted by molar-refractivity contribution is 5.54. The van der Waals surface area contributed by atoms with E-state index in [1.165, 1.54) is 25.7 Å². The molecule has 0 aliphatic heterocycles. The quantitative estimate of drug-likeness (QED) is 0.636. The molecule has 0 spiro atoms. The van der Waals surface area contributed by atoms with Crippen LogP contribution in [0.2, 0.25) is 0 Å². The van der Waals surface area contributed by atoms with Gasteiger partial charge in [0.25, 0.3) is 0 Å². The standard InChI is InChI=1S/2C6H10O/c2*7-5-6-3-1-2-4-6/h2*5-6H,1-4H2. The molecule has 2 saturated carbocycles. The normalized spacial score (nSPS) is 22.9. The van der Waals surface area contributed by atoms with Crippen molar-refractivity contribution >= 4 is 12.6 Å². The largest absolute Gasteiger partial charge is 0.303 e. The van der Waals surface area contributed by atoms with Crippen LogP contribution in [0, 0.1) is 11.8 Å². The van der Waals surface area contributed by atoms with Crippen molar-refractivity contribution in [1.82, 2.24) is 0 Å². The van der Waals surface area contributed by atoms with Crippen LogP contribution < -0.4 is 0 Å². The van der Waals surface area contributed by atoms with Gasteiger partial charge >= 0.3 is 0 Å². The average molecular weight is 196 g/mol. The summed E-state index contributed by atoms with van der Waals surface area (Å²) < 4.78 is 0. The topological polar surface area (TPSA) is 34.1 Å². The first kappa shape index (κ1) is 11.4. The molecule has 80 valence electrons. The summed E-state index contributed by atoms with van der Waals surface area (Å²) in [5, 5.41) is 0. The molecular formula is C12H20O2. The van der Waals surface area contributed by atoms with E-state index in [0.29, 0.717) is 11.8 Å². The highest BCUT2D eigenvalue weighted by Crippen LogP contribution is 2.22. The summed E-state index contributed by atoms with van der Waals surface area (Å²) in [7, 11) is 0. The lowest BCUT2D eigenvalue weighted by Gasteiger charge is -1.90. The van der Waals surface area contributed by atoms with Crippen LogP contribution in [0.3, 0.4) is 0 Å². The molecule has 0 radical (unpaired) electrons. The second-order valence-electron chi connectivity index (χ2n) is 4.36. The van der Waals surface area contributed by atoms with Crippen LogP contribution in [-0.4, -0.2) is 12.6 Å². The van der Waals surface area contributed by atoms with Crippen molar-refractivity contribution in [3.8, 4) is 0 Å². The van der Waals surface area contributed by atoms with Gasteiger partial charge < -0.3 is 9.59 Å². The lowest BCUT2D eigenvalue weighted by Crippen LogP contribution is -1.91. The van der Waals surface area contributed by atoms with Gasteiger partial charge in [0.05, 0.1) is 0 Å².